The third kappa shape index (κ3) is 5.98. The number of aromatic nitrogens is 2. The molecule has 170 valence electrons. The van der Waals surface area contributed by atoms with E-state index in [9.17, 15) is 10.1 Å². The molecule has 0 unspecified atom stereocenters. The molecule has 10 nitrogen and oxygen atoms in total. The lowest BCUT2D eigenvalue weighted by Gasteiger charge is -2.35. The topological polar surface area (TPSA) is 144 Å². The second-order valence-corrected chi connectivity index (χ2v) is 8.48. The summed E-state index contributed by atoms with van der Waals surface area (Å²) in [7, 11) is 0. The van der Waals surface area contributed by atoms with Crippen LogP contribution in [0.4, 0.5) is 16.6 Å². The number of hydrogen-bond acceptors (Lipinski definition) is 9. The van der Waals surface area contributed by atoms with Gasteiger partial charge in [-0.05, 0) is 45.0 Å². The van der Waals surface area contributed by atoms with Crippen LogP contribution in [0.25, 0.3) is 11.3 Å². The average molecular weight is 440 g/mol. The van der Waals surface area contributed by atoms with Gasteiger partial charge in [0.05, 0.1) is 5.69 Å². The second kappa shape index (κ2) is 9.70. The number of nitriles is 1. The van der Waals surface area contributed by atoms with Crippen molar-refractivity contribution in [1.29, 1.82) is 5.26 Å². The summed E-state index contributed by atoms with van der Waals surface area (Å²) in [6.07, 6.45) is -0.264. The van der Waals surface area contributed by atoms with Gasteiger partial charge in [-0.15, -0.1) is 0 Å². The van der Waals surface area contributed by atoms with E-state index in [-0.39, 0.29) is 23.4 Å². The predicted molar refractivity (Wildman–Crippen MR) is 121 cm³/mol. The standard InChI is InChI=1S/C22H29N7O3/c1-22(2,3)32-21(30)29-10-8-28(9-11-29)12-13-31-16-6-4-15(5-7-16)18-17(14-23)19(24)27-20(25)26-18/h4-7H,8-13H2,1-3H3,(H4,24,25,26,27). The first-order valence-corrected chi connectivity index (χ1v) is 10.4. The van der Waals surface area contributed by atoms with Crippen molar-refractivity contribution in [2.75, 3.05) is 50.8 Å². The molecule has 1 amide bonds. The monoisotopic (exact) mass is 439 g/mol. The number of rotatable bonds is 5. The molecular weight excluding hydrogens is 410 g/mol. The Kier molecular flexibility index (Phi) is 7.00. The number of carbonyl (C=O) groups is 1. The molecule has 4 N–H and O–H groups in total. The highest BCUT2D eigenvalue weighted by atomic mass is 16.6. The highest BCUT2D eigenvalue weighted by molar-refractivity contribution is 5.73. The summed E-state index contributed by atoms with van der Waals surface area (Å²) in [6, 6.07) is 9.25. The Balaban J connectivity index is 1.48. The zero-order chi connectivity index (χ0) is 23.3. The molecule has 1 fully saturated rings. The van der Waals surface area contributed by atoms with Gasteiger partial charge in [-0.2, -0.15) is 10.2 Å². The van der Waals surface area contributed by atoms with Crippen molar-refractivity contribution in [3.8, 4) is 23.1 Å². The minimum absolute atomic E-state index is 0.0172. The number of anilines is 2. The average Bonchev–Trinajstić information content (AvgIpc) is 2.73. The van der Waals surface area contributed by atoms with E-state index < -0.39 is 5.60 Å². The summed E-state index contributed by atoms with van der Waals surface area (Å²) in [5.74, 6) is 0.778. The molecule has 1 aromatic heterocycles. The molecule has 3 rings (SSSR count). The SMILES string of the molecule is CC(C)(C)OC(=O)N1CCN(CCOc2ccc(-c3nc(N)nc(N)c3C#N)cc2)CC1. The molecule has 0 bridgehead atoms. The number of nitrogens with zero attached hydrogens (tertiary/aromatic N) is 5. The summed E-state index contributed by atoms with van der Waals surface area (Å²) in [4.78, 5) is 24.1. The van der Waals surface area contributed by atoms with Crippen LogP contribution in [0.2, 0.25) is 0 Å². The quantitative estimate of drug-likeness (QED) is 0.715. The van der Waals surface area contributed by atoms with Crippen LogP contribution in [0, 0.1) is 11.3 Å². The lowest BCUT2D eigenvalue weighted by atomic mass is 10.1. The first-order valence-electron chi connectivity index (χ1n) is 10.4. The van der Waals surface area contributed by atoms with E-state index in [1.807, 2.05) is 39.0 Å². The molecule has 2 heterocycles. The largest absolute Gasteiger partial charge is 0.492 e. The molecule has 10 heteroatoms. The lowest BCUT2D eigenvalue weighted by molar-refractivity contribution is 0.0137. The van der Waals surface area contributed by atoms with Crippen molar-refractivity contribution < 1.29 is 14.3 Å². The number of nitrogens with two attached hydrogens (primary N) is 2. The fraction of sp³-hybridized carbons (Fsp3) is 0.455. The first-order chi connectivity index (χ1) is 15.2. The zero-order valence-corrected chi connectivity index (χ0v) is 18.7. The van der Waals surface area contributed by atoms with E-state index in [0.717, 1.165) is 19.6 Å². The van der Waals surface area contributed by atoms with Crippen molar-refractivity contribution in [3.63, 3.8) is 0 Å². The van der Waals surface area contributed by atoms with Crippen LogP contribution in [-0.4, -0.2) is 70.8 Å². The summed E-state index contributed by atoms with van der Waals surface area (Å²) in [5.41, 5.74) is 12.3. The van der Waals surface area contributed by atoms with Gasteiger partial charge in [-0.25, -0.2) is 9.78 Å². The number of amides is 1. The van der Waals surface area contributed by atoms with Crippen LogP contribution >= 0.6 is 0 Å². The molecule has 1 saturated heterocycles. The highest BCUT2D eigenvalue weighted by Crippen LogP contribution is 2.27. The number of carbonyl (C=O) groups excluding carboxylic acids is 1. The van der Waals surface area contributed by atoms with Crippen LogP contribution in [-0.2, 0) is 4.74 Å². The van der Waals surface area contributed by atoms with Gasteiger partial charge in [0.15, 0.2) is 0 Å². The fourth-order valence-electron chi connectivity index (χ4n) is 3.30. The van der Waals surface area contributed by atoms with Gasteiger partial charge in [0, 0.05) is 38.3 Å². The summed E-state index contributed by atoms with van der Waals surface area (Å²) in [6.45, 7) is 9.68. The molecule has 1 aliphatic heterocycles. The molecule has 0 radical (unpaired) electrons. The van der Waals surface area contributed by atoms with E-state index >= 15 is 0 Å². The van der Waals surface area contributed by atoms with E-state index in [2.05, 4.69) is 14.9 Å². The number of benzene rings is 1. The normalized spacial score (nSPS) is 14.6. The third-order valence-electron chi connectivity index (χ3n) is 4.89. The lowest BCUT2D eigenvalue weighted by Crippen LogP contribution is -2.50. The van der Waals surface area contributed by atoms with Gasteiger partial charge in [0.2, 0.25) is 5.95 Å². The molecule has 2 aromatic rings. The van der Waals surface area contributed by atoms with E-state index in [1.165, 1.54) is 0 Å². The maximum Gasteiger partial charge on any atom is 0.410 e. The molecular formula is C22H29N7O3. The number of hydrogen-bond donors (Lipinski definition) is 2. The van der Waals surface area contributed by atoms with Crippen molar-refractivity contribution in [1.82, 2.24) is 19.8 Å². The van der Waals surface area contributed by atoms with Gasteiger partial charge < -0.3 is 25.8 Å². The Morgan fingerprint density at radius 3 is 2.38 bits per heavy atom. The fourth-order valence-corrected chi connectivity index (χ4v) is 3.30. The van der Waals surface area contributed by atoms with Crippen molar-refractivity contribution >= 4 is 17.9 Å². The van der Waals surface area contributed by atoms with E-state index in [0.29, 0.717) is 36.7 Å². The molecule has 1 aromatic carbocycles. The summed E-state index contributed by atoms with van der Waals surface area (Å²) >= 11 is 0. The molecule has 0 saturated carbocycles. The van der Waals surface area contributed by atoms with Gasteiger partial charge in [-0.3, -0.25) is 4.90 Å². The van der Waals surface area contributed by atoms with Gasteiger partial charge in [0.25, 0.3) is 0 Å². The summed E-state index contributed by atoms with van der Waals surface area (Å²) in [5, 5.41) is 9.33. The Morgan fingerprint density at radius 1 is 1.12 bits per heavy atom. The Morgan fingerprint density at radius 2 is 1.78 bits per heavy atom. The van der Waals surface area contributed by atoms with E-state index in [1.54, 1.807) is 17.0 Å². The number of piperazine rings is 1. The van der Waals surface area contributed by atoms with Crippen molar-refractivity contribution in [3.05, 3.63) is 29.8 Å². The minimum atomic E-state index is -0.486. The third-order valence-corrected chi connectivity index (χ3v) is 4.89. The van der Waals surface area contributed by atoms with Crippen LogP contribution in [0.1, 0.15) is 26.3 Å². The summed E-state index contributed by atoms with van der Waals surface area (Å²) < 4.78 is 11.3. The van der Waals surface area contributed by atoms with Crippen molar-refractivity contribution in [2.24, 2.45) is 0 Å². The maximum absolute atomic E-state index is 12.1. The van der Waals surface area contributed by atoms with Gasteiger partial charge in [-0.1, -0.05) is 0 Å². The van der Waals surface area contributed by atoms with E-state index in [4.69, 9.17) is 20.9 Å². The zero-order valence-electron chi connectivity index (χ0n) is 18.7. The molecule has 32 heavy (non-hydrogen) atoms. The Hall–Kier alpha value is -3.58. The Labute approximate surface area is 187 Å². The number of nitrogen functional groups attached to an aromatic ring is 2. The predicted octanol–water partition coefficient (Wildman–Crippen LogP) is 2.11. The van der Waals surface area contributed by atoms with Crippen LogP contribution in [0.3, 0.4) is 0 Å². The first kappa shape index (κ1) is 23.1. The molecule has 0 atom stereocenters. The number of ether oxygens (including phenoxy) is 2. The molecule has 0 aliphatic carbocycles. The van der Waals surface area contributed by atoms with Crippen molar-refractivity contribution in [2.45, 2.75) is 26.4 Å². The minimum Gasteiger partial charge on any atom is -0.492 e. The maximum atomic E-state index is 12.1. The van der Waals surface area contributed by atoms with Crippen LogP contribution < -0.4 is 16.2 Å². The second-order valence-electron chi connectivity index (χ2n) is 8.48. The molecule has 0 spiro atoms. The van der Waals surface area contributed by atoms with Gasteiger partial charge in [0.1, 0.15) is 35.4 Å². The van der Waals surface area contributed by atoms with Crippen LogP contribution in [0.15, 0.2) is 24.3 Å². The smallest absolute Gasteiger partial charge is 0.410 e. The highest BCUT2D eigenvalue weighted by Gasteiger charge is 2.25. The Bertz CT molecular complexity index is 988. The van der Waals surface area contributed by atoms with Gasteiger partial charge >= 0.3 is 6.09 Å². The molecule has 1 aliphatic rings. The van der Waals surface area contributed by atoms with Crippen LogP contribution in [0.5, 0.6) is 5.75 Å².